The number of benzene rings is 2. The Morgan fingerprint density at radius 3 is 2.04 bits per heavy atom. The van der Waals surface area contributed by atoms with E-state index in [2.05, 4.69) is 5.10 Å². The van der Waals surface area contributed by atoms with Gasteiger partial charge in [-0.2, -0.15) is 18.3 Å². The van der Waals surface area contributed by atoms with Gasteiger partial charge in [-0.1, -0.05) is 29.8 Å². The van der Waals surface area contributed by atoms with E-state index < -0.39 is 21.9 Å². The number of nitrogens with two attached hydrogens (primary N) is 1. The van der Waals surface area contributed by atoms with Crippen molar-refractivity contribution in [2.75, 3.05) is 0 Å². The van der Waals surface area contributed by atoms with Crippen LogP contribution < -0.4 is 5.14 Å². The van der Waals surface area contributed by atoms with Crippen molar-refractivity contribution >= 4 is 61.4 Å². The summed E-state index contributed by atoms with van der Waals surface area (Å²) in [5, 5.41) is 8.70. The van der Waals surface area contributed by atoms with E-state index >= 15 is 0 Å². The first-order valence-electron chi connectivity index (χ1n) is 7.43. The van der Waals surface area contributed by atoms with Crippen LogP contribution in [0.15, 0.2) is 59.5 Å². The van der Waals surface area contributed by atoms with Crippen molar-refractivity contribution in [2.45, 2.75) is 18.0 Å². The average Bonchev–Trinajstić information content (AvgIpc) is 3.00. The molecule has 0 saturated carbocycles. The van der Waals surface area contributed by atoms with Gasteiger partial charge in [0.2, 0.25) is 10.0 Å². The molecule has 0 amide bonds. The van der Waals surface area contributed by atoms with Crippen LogP contribution >= 0.6 is 0 Å². The second kappa shape index (κ2) is 8.15. The number of halogens is 3. The summed E-state index contributed by atoms with van der Waals surface area (Å²) in [5.41, 5.74) is 0.996. The fraction of sp³-hybridized carbons (Fsp3) is 0.118. The minimum atomic E-state index is -4.61. The van der Waals surface area contributed by atoms with E-state index in [0.717, 1.165) is 16.3 Å². The van der Waals surface area contributed by atoms with Crippen LogP contribution in [0.4, 0.5) is 13.2 Å². The van der Waals surface area contributed by atoms with Gasteiger partial charge in [0.05, 0.1) is 16.3 Å². The number of rotatable bonds is 3. The zero-order chi connectivity index (χ0) is 19.1. The topological polar surface area (TPSA) is 78.0 Å². The molecule has 138 valence electrons. The van der Waals surface area contributed by atoms with Crippen LogP contribution in [0.2, 0.25) is 0 Å². The van der Waals surface area contributed by atoms with Crippen LogP contribution in [0.1, 0.15) is 11.3 Å². The van der Waals surface area contributed by atoms with Gasteiger partial charge in [-0.3, -0.25) is 0 Å². The van der Waals surface area contributed by atoms with Crippen molar-refractivity contribution in [2.24, 2.45) is 5.14 Å². The Labute approximate surface area is 196 Å². The summed E-state index contributed by atoms with van der Waals surface area (Å²) in [6, 6.07) is 13.1. The molecule has 2 aromatic carbocycles. The third kappa shape index (κ3) is 5.08. The summed E-state index contributed by atoms with van der Waals surface area (Å²) in [7, 11) is -3.90. The SMILES string of the molecule is Cc1ccc(-c2cc(C(F)(F)F)nn2-c2ccc(S(N)(=O)=O)cc2)cc1.[KH]. The second-order valence-corrected chi connectivity index (χ2v) is 7.29. The van der Waals surface area contributed by atoms with Crippen molar-refractivity contribution in [1.82, 2.24) is 9.78 Å². The van der Waals surface area contributed by atoms with E-state index in [0.29, 0.717) is 5.56 Å². The molecule has 0 fully saturated rings. The van der Waals surface area contributed by atoms with Gasteiger partial charge in [0.15, 0.2) is 5.69 Å². The third-order valence-electron chi connectivity index (χ3n) is 3.76. The Kier molecular flexibility index (Phi) is 6.73. The van der Waals surface area contributed by atoms with Crippen molar-refractivity contribution in [3.05, 3.63) is 65.9 Å². The first-order valence-corrected chi connectivity index (χ1v) is 8.98. The predicted molar refractivity (Wildman–Crippen MR) is 97.3 cm³/mol. The van der Waals surface area contributed by atoms with Gasteiger partial charge in [0.25, 0.3) is 0 Å². The number of hydrogen-bond acceptors (Lipinski definition) is 3. The minimum absolute atomic E-state index is 0. The number of primary sulfonamides is 1. The van der Waals surface area contributed by atoms with Crippen LogP contribution in [0.25, 0.3) is 16.9 Å². The van der Waals surface area contributed by atoms with Crippen molar-refractivity contribution < 1.29 is 21.6 Å². The van der Waals surface area contributed by atoms with Gasteiger partial charge in [0, 0.05) is 5.56 Å². The molecule has 0 aliphatic heterocycles. The average molecular weight is 421 g/mol. The Hall–Kier alpha value is -1.01. The monoisotopic (exact) mass is 421 g/mol. The maximum atomic E-state index is 13.1. The summed E-state index contributed by atoms with van der Waals surface area (Å²) in [6.45, 7) is 1.87. The number of aryl methyl sites for hydroxylation is 1. The fourth-order valence-electron chi connectivity index (χ4n) is 2.42. The van der Waals surface area contributed by atoms with Gasteiger partial charge in [-0.25, -0.2) is 18.2 Å². The molecule has 0 bridgehead atoms. The molecule has 2 N–H and O–H groups in total. The Bertz CT molecular complexity index is 1040. The van der Waals surface area contributed by atoms with Gasteiger partial charge in [0.1, 0.15) is 0 Å². The summed E-state index contributed by atoms with van der Waals surface area (Å²) in [5.74, 6) is 0. The number of alkyl halides is 3. The van der Waals surface area contributed by atoms with Crippen LogP contribution in [0, 0.1) is 6.92 Å². The molecule has 5 nitrogen and oxygen atoms in total. The Morgan fingerprint density at radius 2 is 1.56 bits per heavy atom. The van der Waals surface area contributed by atoms with Crippen LogP contribution in [-0.4, -0.2) is 69.6 Å². The van der Waals surface area contributed by atoms with Gasteiger partial charge < -0.3 is 0 Å². The molecule has 0 saturated heterocycles. The molecule has 1 aromatic heterocycles. The number of hydrogen-bond donors (Lipinski definition) is 1. The molecule has 0 unspecified atom stereocenters. The first-order chi connectivity index (χ1) is 12.1. The second-order valence-electron chi connectivity index (χ2n) is 5.73. The Morgan fingerprint density at radius 1 is 1.00 bits per heavy atom. The number of nitrogens with zero attached hydrogens (tertiary/aromatic N) is 2. The predicted octanol–water partition coefficient (Wildman–Crippen LogP) is 2.87. The van der Waals surface area contributed by atoms with Crippen LogP contribution in [0.5, 0.6) is 0 Å². The summed E-state index contributed by atoms with van der Waals surface area (Å²) < 4.78 is 63.2. The maximum absolute atomic E-state index is 13.1. The van der Waals surface area contributed by atoms with Gasteiger partial charge in [-0.05, 0) is 37.3 Å². The van der Waals surface area contributed by atoms with Crippen molar-refractivity contribution in [3.8, 4) is 16.9 Å². The molecule has 0 radical (unpaired) electrons. The van der Waals surface area contributed by atoms with Gasteiger partial charge >= 0.3 is 57.6 Å². The molecule has 10 heteroatoms. The normalized spacial score (nSPS) is 11.9. The zero-order valence-electron chi connectivity index (χ0n) is 13.5. The van der Waals surface area contributed by atoms with E-state index in [1.807, 2.05) is 6.92 Å². The summed E-state index contributed by atoms with van der Waals surface area (Å²) in [4.78, 5) is -0.138. The molecule has 3 aromatic rings. The van der Waals surface area contributed by atoms with E-state index in [9.17, 15) is 21.6 Å². The zero-order valence-corrected chi connectivity index (χ0v) is 14.3. The van der Waals surface area contributed by atoms with Crippen LogP contribution in [-0.2, 0) is 16.2 Å². The van der Waals surface area contributed by atoms with E-state index in [4.69, 9.17) is 5.14 Å². The molecule has 27 heavy (non-hydrogen) atoms. The standard InChI is InChI=1S/C17H14F3N3O2S.K.H/c1-11-2-4-12(5-3-11)15-10-16(17(18,19)20)22-23(15)13-6-8-14(9-7-13)26(21,24)25;;/h2-10H,1H3,(H2,21,24,25);;. The quantitative estimate of drug-likeness (QED) is 0.661. The first kappa shape index (κ1) is 22.3. The molecular weight excluding hydrogens is 406 g/mol. The molecule has 0 aliphatic carbocycles. The fourth-order valence-corrected chi connectivity index (χ4v) is 2.94. The molecule has 0 aliphatic rings. The molecule has 3 rings (SSSR count). The summed E-state index contributed by atoms with van der Waals surface area (Å²) >= 11 is 0. The van der Waals surface area contributed by atoms with Gasteiger partial charge in [-0.15, -0.1) is 0 Å². The van der Waals surface area contributed by atoms with E-state index in [1.54, 1.807) is 24.3 Å². The van der Waals surface area contributed by atoms with E-state index in [1.165, 1.54) is 24.3 Å². The third-order valence-corrected chi connectivity index (χ3v) is 4.69. The number of aromatic nitrogens is 2. The van der Waals surface area contributed by atoms with Crippen molar-refractivity contribution in [3.63, 3.8) is 0 Å². The van der Waals surface area contributed by atoms with E-state index in [-0.39, 0.29) is 67.7 Å². The molecule has 1 heterocycles. The molecular formula is C17H15F3KN3O2S. The Balaban J connectivity index is 0.00000261. The van der Waals surface area contributed by atoms with Crippen molar-refractivity contribution in [1.29, 1.82) is 0 Å². The summed E-state index contributed by atoms with van der Waals surface area (Å²) in [6.07, 6.45) is -4.61. The molecule has 0 atom stereocenters. The number of sulfonamides is 1. The molecule has 0 spiro atoms. The van der Waals surface area contributed by atoms with Crippen LogP contribution in [0.3, 0.4) is 0 Å².